The van der Waals surface area contributed by atoms with Crippen molar-refractivity contribution in [1.29, 1.82) is 0 Å². The molecule has 0 spiro atoms. The normalized spacial score (nSPS) is 26.9. The Morgan fingerprint density at radius 2 is 2.00 bits per heavy atom. The molecule has 2 fully saturated rings. The van der Waals surface area contributed by atoms with E-state index < -0.39 is 5.60 Å². The lowest BCUT2D eigenvalue weighted by molar-refractivity contribution is -0.143. The van der Waals surface area contributed by atoms with Gasteiger partial charge in [0.25, 0.3) is 5.91 Å². The number of hydrogen-bond acceptors (Lipinski definition) is 2. The van der Waals surface area contributed by atoms with Gasteiger partial charge in [-0.1, -0.05) is 20.8 Å². The second-order valence-electron chi connectivity index (χ2n) is 4.34. The molecular formula is C12H23NO2. The third-order valence-corrected chi connectivity index (χ3v) is 3.20. The minimum Gasteiger partial charge on any atom is -0.368 e. The first-order chi connectivity index (χ1) is 7.18. The van der Waals surface area contributed by atoms with E-state index >= 15 is 0 Å². The Morgan fingerprint density at radius 3 is 2.33 bits per heavy atom. The maximum atomic E-state index is 11.9. The highest BCUT2D eigenvalue weighted by molar-refractivity contribution is 5.88. The summed E-state index contributed by atoms with van der Waals surface area (Å²) in [6, 6.07) is 0. The molecule has 1 aliphatic heterocycles. The van der Waals surface area contributed by atoms with Crippen molar-refractivity contribution in [2.75, 3.05) is 20.2 Å². The monoisotopic (exact) mass is 213 g/mol. The Balaban J connectivity index is 0.000000531. The summed E-state index contributed by atoms with van der Waals surface area (Å²) in [5.74, 6) is 0.885. The summed E-state index contributed by atoms with van der Waals surface area (Å²) in [7, 11) is 1.64. The van der Waals surface area contributed by atoms with Crippen LogP contribution >= 0.6 is 0 Å². The molecule has 1 atom stereocenters. The molecule has 1 amide bonds. The Morgan fingerprint density at radius 1 is 1.40 bits per heavy atom. The number of likely N-dealkylation sites (tertiary alicyclic amines) is 1. The van der Waals surface area contributed by atoms with E-state index in [0.717, 1.165) is 32.4 Å². The first kappa shape index (κ1) is 12.5. The predicted molar refractivity (Wildman–Crippen MR) is 60.7 cm³/mol. The molecule has 1 saturated heterocycles. The quantitative estimate of drug-likeness (QED) is 0.702. The average molecular weight is 213 g/mol. The first-order valence-electron chi connectivity index (χ1n) is 6.02. The third-order valence-electron chi connectivity index (χ3n) is 3.20. The highest BCUT2D eigenvalue weighted by atomic mass is 16.5. The highest BCUT2D eigenvalue weighted by Gasteiger charge is 2.52. The van der Waals surface area contributed by atoms with Crippen molar-refractivity contribution in [2.24, 2.45) is 5.92 Å². The molecule has 0 aromatic heterocycles. The van der Waals surface area contributed by atoms with Gasteiger partial charge in [0.2, 0.25) is 0 Å². The van der Waals surface area contributed by atoms with Crippen LogP contribution in [0.4, 0.5) is 0 Å². The molecular weight excluding hydrogens is 190 g/mol. The third kappa shape index (κ3) is 2.51. The summed E-state index contributed by atoms with van der Waals surface area (Å²) in [6.45, 7) is 8.04. The number of amides is 1. The smallest absolute Gasteiger partial charge is 0.254 e. The number of nitrogens with zero attached hydrogens (tertiary/aromatic N) is 1. The van der Waals surface area contributed by atoms with Gasteiger partial charge < -0.3 is 9.64 Å². The number of methoxy groups -OCH3 is 1. The fraction of sp³-hybridized carbons (Fsp3) is 0.917. The van der Waals surface area contributed by atoms with Gasteiger partial charge in [-0.3, -0.25) is 4.79 Å². The molecule has 0 radical (unpaired) electrons. The van der Waals surface area contributed by atoms with Crippen molar-refractivity contribution in [3.63, 3.8) is 0 Å². The zero-order valence-electron chi connectivity index (χ0n) is 10.4. The molecule has 88 valence electrons. The highest BCUT2D eigenvalue weighted by Crippen LogP contribution is 2.41. The SMILES string of the molecule is CC.COC1(C(=O)N2CCC(C)C2)CC1. The summed E-state index contributed by atoms with van der Waals surface area (Å²) in [6.07, 6.45) is 2.96. The van der Waals surface area contributed by atoms with Gasteiger partial charge >= 0.3 is 0 Å². The number of hydrogen-bond donors (Lipinski definition) is 0. The summed E-state index contributed by atoms with van der Waals surface area (Å²) < 4.78 is 5.27. The second kappa shape index (κ2) is 4.97. The summed E-state index contributed by atoms with van der Waals surface area (Å²) in [4.78, 5) is 13.9. The minimum atomic E-state index is -0.413. The Hall–Kier alpha value is -0.570. The molecule has 3 nitrogen and oxygen atoms in total. The number of carbonyl (C=O) groups excluding carboxylic acids is 1. The van der Waals surface area contributed by atoms with Crippen LogP contribution in [0.5, 0.6) is 0 Å². The molecule has 1 aliphatic carbocycles. The molecule has 1 saturated carbocycles. The van der Waals surface area contributed by atoms with Crippen molar-refractivity contribution >= 4 is 5.91 Å². The maximum Gasteiger partial charge on any atom is 0.254 e. The molecule has 2 aliphatic rings. The Bertz CT molecular complexity index is 224. The minimum absolute atomic E-state index is 0.222. The second-order valence-corrected chi connectivity index (χ2v) is 4.34. The van der Waals surface area contributed by atoms with Gasteiger partial charge in [0, 0.05) is 20.2 Å². The summed E-state index contributed by atoms with van der Waals surface area (Å²) >= 11 is 0. The molecule has 1 unspecified atom stereocenters. The zero-order valence-corrected chi connectivity index (χ0v) is 10.4. The van der Waals surface area contributed by atoms with E-state index in [1.165, 1.54) is 0 Å². The van der Waals surface area contributed by atoms with E-state index in [4.69, 9.17) is 4.74 Å². The van der Waals surface area contributed by atoms with E-state index in [1.54, 1.807) is 7.11 Å². The molecule has 15 heavy (non-hydrogen) atoms. The van der Waals surface area contributed by atoms with Crippen molar-refractivity contribution in [1.82, 2.24) is 4.90 Å². The average Bonchev–Trinajstić information content (AvgIpc) is 2.97. The fourth-order valence-electron chi connectivity index (χ4n) is 2.03. The van der Waals surface area contributed by atoms with Crippen LogP contribution in [-0.2, 0) is 9.53 Å². The zero-order chi connectivity index (χ0) is 11.5. The van der Waals surface area contributed by atoms with Crippen LogP contribution in [0.2, 0.25) is 0 Å². The van der Waals surface area contributed by atoms with E-state index in [9.17, 15) is 4.79 Å². The van der Waals surface area contributed by atoms with Crippen LogP contribution in [0.25, 0.3) is 0 Å². The van der Waals surface area contributed by atoms with Crippen molar-refractivity contribution in [3.8, 4) is 0 Å². The topological polar surface area (TPSA) is 29.5 Å². The van der Waals surface area contributed by atoms with Crippen LogP contribution < -0.4 is 0 Å². The molecule has 0 bridgehead atoms. The Kier molecular flexibility index (Phi) is 4.14. The summed E-state index contributed by atoms with van der Waals surface area (Å²) in [5.41, 5.74) is -0.413. The van der Waals surface area contributed by atoms with Crippen LogP contribution in [0.15, 0.2) is 0 Å². The molecule has 0 N–H and O–H groups in total. The molecule has 0 aromatic carbocycles. The van der Waals surface area contributed by atoms with E-state index in [0.29, 0.717) is 5.92 Å². The van der Waals surface area contributed by atoms with Gasteiger partial charge in [-0.2, -0.15) is 0 Å². The van der Waals surface area contributed by atoms with Gasteiger partial charge in [0.05, 0.1) is 0 Å². The number of carbonyl (C=O) groups is 1. The lowest BCUT2D eigenvalue weighted by Gasteiger charge is -2.21. The maximum absolute atomic E-state index is 11.9. The van der Waals surface area contributed by atoms with Crippen LogP contribution in [0.3, 0.4) is 0 Å². The molecule has 1 heterocycles. The van der Waals surface area contributed by atoms with Gasteiger partial charge in [-0.05, 0) is 25.2 Å². The van der Waals surface area contributed by atoms with Crippen molar-refractivity contribution in [2.45, 2.75) is 45.6 Å². The number of ether oxygens (including phenoxy) is 1. The molecule has 0 aromatic rings. The fourth-order valence-corrected chi connectivity index (χ4v) is 2.03. The number of rotatable bonds is 2. The van der Waals surface area contributed by atoms with Crippen molar-refractivity contribution < 1.29 is 9.53 Å². The van der Waals surface area contributed by atoms with E-state index in [2.05, 4.69) is 6.92 Å². The van der Waals surface area contributed by atoms with Gasteiger partial charge in [0.1, 0.15) is 5.60 Å². The van der Waals surface area contributed by atoms with Gasteiger partial charge in [0.15, 0.2) is 0 Å². The predicted octanol–water partition coefficient (Wildman–Crippen LogP) is 2.06. The van der Waals surface area contributed by atoms with Crippen LogP contribution in [0, 0.1) is 5.92 Å². The van der Waals surface area contributed by atoms with Gasteiger partial charge in [-0.15, -0.1) is 0 Å². The summed E-state index contributed by atoms with van der Waals surface area (Å²) in [5, 5.41) is 0. The van der Waals surface area contributed by atoms with Crippen LogP contribution in [0.1, 0.15) is 40.0 Å². The Labute approximate surface area is 92.8 Å². The standard InChI is InChI=1S/C10H17NO2.C2H6/c1-8-3-6-11(7-8)9(12)10(13-2)4-5-10;1-2/h8H,3-7H2,1-2H3;1-2H3. The van der Waals surface area contributed by atoms with E-state index in [-0.39, 0.29) is 5.91 Å². The van der Waals surface area contributed by atoms with E-state index in [1.807, 2.05) is 18.7 Å². The molecule has 2 rings (SSSR count). The molecule has 3 heteroatoms. The largest absolute Gasteiger partial charge is 0.368 e. The lowest BCUT2D eigenvalue weighted by Crippen LogP contribution is -2.40. The van der Waals surface area contributed by atoms with Crippen LogP contribution in [-0.4, -0.2) is 36.6 Å². The van der Waals surface area contributed by atoms with Crippen molar-refractivity contribution in [3.05, 3.63) is 0 Å². The first-order valence-corrected chi connectivity index (χ1v) is 6.02. The lowest BCUT2D eigenvalue weighted by atomic mass is 10.2. The van der Waals surface area contributed by atoms with Gasteiger partial charge in [-0.25, -0.2) is 0 Å².